The van der Waals surface area contributed by atoms with E-state index in [1.165, 1.54) is 6.07 Å². The van der Waals surface area contributed by atoms with Crippen LogP contribution in [0.2, 0.25) is 0 Å². The van der Waals surface area contributed by atoms with Crippen LogP contribution in [0.1, 0.15) is 18.4 Å². The molecule has 3 N–H and O–H groups in total. The van der Waals surface area contributed by atoms with Crippen molar-refractivity contribution in [1.82, 2.24) is 4.72 Å². The van der Waals surface area contributed by atoms with Crippen molar-refractivity contribution in [3.05, 3.63) is 35.9 Å². The molecule has 0 radical (unpaired) electrons. The zero-order chi connectivity index (χ0) is 12.5. The summed E-state index contributed by atoms with van der Waals surface area (Å²) in [5, 5.41) is 0. The molecule has 0 spiro atoms. The molecule has 1 aromatic carbocycles. The molecule has 0 aromatic heterocycles. The van der Waals surface area contributed by atoms with E-state index < -0.39 is 10.0 Å². The molecular formula is C12H16N2O2S. The van der Waals surface area contributed by atoms with E-state index >= 15 is 0 Å². The lowest BCUT2D eigenvalue weighted by atomic mass is 10.2. The van der Waals surface area contributed by atoms with Gasteiger partial charge in [-0.3, -0.25) is 0 Å². The van der Waals surface area contributed by atoms with Gasteiger partial charge >= 0.3 is 0 Å². The van der Waals surface area contributed by atoms with Crippen molar-refractivity contribution in [1.29, 1.82) is 0 Å². The number of aryl methyl sites for hydroxylation is 1. The van der Waals surface area contributed by atoms with Crippen molar-refractivity contribution in [2.24, 2.45) is 0 Å². The van der Waals surface area contributed by atoms with Gasteiger partial charge in [0.2, 0.25) is 10.0 Å². The van der Waals surface area contributed by atoms with Crippen molar-refractivity contribution in [2.45, 2.75) is 30.7 Å². The van der Waals surface area contributed by atoms with Crippen LogP contribution in [0, 0.1) is 6.92 Å². The summed E-state index contributed by atoms with van der Waals surface area (Å²) >= 11 is 0. The highest BCUT2D eigenvalue weighted by Crippen LogP contribution is 2.19. The first-order valence-corrected chi connectivity index (χ1v) is 7.01. The topological polar surface area (TPSA) is 72.2 Å². The Morgan fingerprint density at radius 2 is 1.94 bits per heavy atom. The van der Waals surface area contributed by atoms with Crippen molar-refractivity contribution in [3.63, 3.8) is 0 Å². The Labute approximate surface area is 102 Å². The maximum Gasteiger partial charge on any atom is 0.240 e. The molecule has 4 nitrogen and oxygen atoms in total. The molecule has 1 aliphatic carbocycles. The third kappa shape index (κ3) is 2.68. The minimum Gasteiger partial charge on any atom is -0.398 e. The number of hydrogen-bond donors (Lipinski definition) is 2. The lowest BCUT2D eigenvalue weighted by Gasteiger charge is -2.13. The fourth-order valence-corrected chi connectivity index (χ4v) is 3.08. The average Bonchev–Trinajstić information content (AvgIpc) is 2.73. The lowest BCUT2D eigenvalue weighted by Crippen LogP contribution is -2.32. The van der Waals surface area contributed by atoms with E-state index in [-0.39, 0.29) is 10.9 Å². The largest absolute Gasteiger partial charge is 0.398 e. The number of hydrogen-bond acceptors (Lipinski definition) is 3. The van der Waals surface area contributed by atoms with Gasteiger partial charge in [0.05, 0.1) is 4.90 Å². The summed E-state index contributed by atoms with van der Waals surface area (Å²) in [6.07, 6.45) is 5.47. The van der Waals surface area contributed by atoms with Gasteiger partial charge in [-0.25, -0.2) is 13.1 Å². The van der Waals surface area contributed by atoms with E-state index in [0.29, 0.717) is 5.69 Å². The van der Waals surface area contributed by atoms with Crippen LogP contribution in [-0.2, 0) is 10.0 Å². The average molecular weight is 252 g/mol. The highest BCUT2D eigenvalue weighted by atomic mass is 32.2. The Morgan fingerprint density at radius 3 is 2.53 bits per heavy atom. The molecule has 92 valence electrons. The van der Waals surface area contributed by atoms with Gasteiger partial charge in [-0.2, -0.15) is 0 Å². The molecule has 0 bridgehead atoms. The molecule has 0 fully saturated rings. The molecule has 17 heavy (non-hydrogen) atoms. The highest BCUT2D eigenvalue weighted by molar-refractivity contribution is 7.89. The summed E-state index contributed by atoms with van der Waals surface area (Å²) in [6, 6.07) is 4.77. The lowest BCUT2D eigenvalue weighted by molar-refractivity contribution is 0.557. The molecule has 0 aliphatic heterocycles. The summed E-state index contributed by atoms with van der Waals surface area (Å²) in [6.45, 7) is 1.85. The normalized spacial score (nSPS) is 16.5. The molecule has 0 atom stereocenters. The zero-order valence-corrected chi connectivity index (χ0v) is 10.5. The van der Waals surface area contributed by atoms with Gasteiger partial charge in [0.25, 0.3) is 0 Å². The summed E-state index contributed by atoms with van der Waals surface area (Å²) in [5.74, 6) is 0. The third-order valence-electron chi connectivity index (χ3n) is 2.89. The first kappa shape index (κ1) is 12.1. The van der Waals surface area contributed by atoms with E-state index in [0.717, 1.165) is 18.4 Å². The SMILES string of the molecule is Cc1ccc(S(=O)(=O)NC2CC=CC2)cc1N. The Morgan fingerprint density at radius 1 is 1.29 bits per heavy atom. The molecule has 0 heterocycles. The Kier molecular flexibility index (Phi) is 3.22. The van der Waals surface area contributed by atoms with Crippen molar-refractivity contribution >= 4 is 15.7 Å². The highest BCUT2D eigenvalue weighted by Gasteiger charge is 2.20. The van der Waals surface area contributed by atoms with Crippen LogP contribution in [0.5, 0.6) is 0 Å². The predicted octanol–water partition coefficient (Wildman–Crippen LogP) is 1.57. The van der Waals surface area contributed by atoms with Crippen molar-refractivity contribution < 1.29 is 8.42 Å². The fraction of sp³-hybridized carbons (Fsp3) is 0.333. The summed E-state index contributed by atoms with van der Waals surface area (Å²) in [7, 11) is -3.45. The maximum atomic E-state index is 12.1. The van der Waals surface area contributed by atoms with Crippen LogP contribution >= 0.6 is 0 Å². The van der Waals surface area contributed by atoms with E-state index in [9.17, 15) is 8.42 Å². The van der Waals surface area contributed by atoms with Crippen molar-refractivity contribution in [2.75, 3.05) is 5.73 Å². The molecule has 2 rings (SSSR count). The van der Waals surface area contributed by atoms with Crippen LogP contribution < -0.4 is 10.5 Å². The first-order valence-electron chi connectivity index (χ1n) is 5.52. The number of nitrogens with two attached hydrogens (primary N) is 1. The second-order valence-corrected chi connectivity index (χ2v) is 5.99. The number of nitrogens with one attached hydrogen (secondary N) is 1. The van der Waals surface area contributed by atoms with Gasteiger partial charge in [-0.1, -0.05) is 18.2 Å². The molecule has 0 saturated heterocycles. The van der Waals surface area contributed by atoms with Crippen LogP contribution in [0.15, 0.2) is 35.2 Å². The third-order valence-corrected chi connectivity index (χ3v) is 4.41. The first-order chi connectivity index (χ1) is 7.99. The van der Waals surface area contributed by atoms with Crippen LogP contribution in [0.3, 0.4) is 0 Å². The number of nitrogen functional groups attached to an aromatic ring is 1. The molecule has 1 aliphatic rings. The number of rotatable bonds is 3. The van der Waals surface area contributed by atoms with Gasteiger partial charge in [0.15, 0.2) is 0 Å². The molecule has 1 aromatic rings. The minimum atomic E-state index is -3.45. The second kappa shape index (κ2) is 4.50. The fourth-order valence-electron chi connectivity index (χ4n) is 1.79. The van der Waals surface area contributed by atoms with Crippen LogP contribution in [-0.4, -0.2) is 14.5 Å². The predicted molar refractivity (Wildman–Crippen MR) is 68.1 cm³/mol. The minimum absolute atomic E-state index is 0.0254. The van der Waals surface area contributed by atoms with Crippen molar-refractivity contribution in [3.8, 4) is 0 Å². The zero-order valence-electron chi connectivity index (χ0n) is 9.68. The van der Waals surface area contributed by atoms with Gasteiger partial charge in [-0.05, 0) is 37.5 Å². The quantitative estimate of drug-likeness (QED) is 0.633. The molecule has 0 unspecified atom stereocenters. The van der Waals surface area contributed by atoms with E-state index in [1.807, 2.05) is 19.1 Å². The smallest absolute Gasteiger partial charge is 0.240 e. The second-order valence-electron chi connectivity index (χ2n) is 4.28. The Hall–Kier alpha value is -1.33. The van der Waals surface area contributed by atoms with E-state index in [1.54, 1.807) is 12.1 Å². The molecule has 5 heteroatoms. The molecular weight excluding hydrogens is 236 g/mol. The summed E-state index contributed by atoms with van der Waals surface area (Å²) in [4.78, 5) is 0.229. The van der Waals surface area contributed by atoms with E-state index in [4.69, 9.17) is 5.73 Å². The Balaban J connectivity index is 2.22. The number of anilines is 1. The van der Waals surface area contributed by atoms with Gasteiger partial charge < -0.3 is 5.73 Å². The monoisotopic (exact) mass is 252 g/mol. The summed E-state index contributed by atoms with van der Waals surface area (Å²) in [5.41, 5.74) is 7.10. The van der Waals surface area contributed by atoms with Gasteiger partial charge in [0, 0.05) is 11.7 Å². The Bertz CT molecular complexity index is 542. The van der Waals surface area contributed by atoms with Crippen LogP contribution in [0.25, 0.3) is 0 Å². The number of sulfonamides is 1. The van der Waals surface area contributed by atoms with Gasteiger partial charge in [0.1, 0.15) is 0 Å². The molecule has 0 amide bonds. The number of benzene rings is 1. The van der Waals surface area contributed by atoms with Gasteiger partial charge in [-0.15, -0.1) is 0 Å². The molecule has 0 saturated carbocycles. The maximum absolute atomic E-state index is 12.1. The van der Waals surface area contributed by atoms with Crippen LogP contribution in [0.4, 0.5) is 5.69 Å². The summed E-state index contributed by atoms with van der Waals surface area (Å²) < 4.78 is 26.8. The standard InChI is InChI=1S/C12H16N2O2S/c1-9-6-7-11(8-12(9)13)17(15,16)14-10-4-2-3-5-10/h2-3,6-8,10,14H,4-5,13H2,1H3. The van der Waals surface area contributed by atoms with E-state index in [2.05, 4.69) is 4.72 Å².